The van der Waals surface area contributed by atoms with Gasteiger partial charge >= 0.3 is 18.0 Å². The predicted octanol–water partition coefficient (Wildman–Crippen LogP) is 3.02. The Hall–Kier alpha value is -2.35. The van der Waals surface area contributed by atoms with E-state index in [0.29, 0.717) is 0 Å². The van der Waals surface area contributed by atoms with Gasteiger partial charge in [-0.15, -0.1) is 11.3 Å². The van der Waals surface area contributed by atoms with Crippen LogP contribution in [0.4, 0.5) is 18.9 Å². The van der Waals surface area contributed by atoms with Crippen LogP contribution in [0.3, 0.4) is 0 Å². The first kappa shape index (κ1) is 16.0. The van der Waals surface area contributed by atoms with Gasteiger partial charge in [-0.2, -0.15) is 13.2 Å². The number of rotatable bonds is 3. The molecular formula is C14H11F3N2O2S. The van der Waals surface area contributed by atoms with Gasteiger partial charge in [-0.3, -0.25) is 9.59 Å². The summed E-state index contributed by atoms with van der Waals surface area (Å²) in [6.45, 7) is 0.219. The Morgan fingerprint density at radius 3 is 2.27 bits per heavy atom. The van der Waals surface area contributed by atoms with Gasteiger partial charge in [0.15, 0.2) is 0 Å². The van der Waals surface area contributed by atoms with Gasteiger partial charge in [0.1, 0.15) is 0 Å². The van der Waals surface area contributed by atoms with Crippen LogP contribution in [0.15, 0.2) is 41.8 Å². The van der Waals surface area contributed by atoms with Gasteiger partial charge < -0.3 is 10.6 Å². The number of hydrogen-bond acceptors (Lipinski definition) is 3. The Morgan fingerprint density at radius 2 is 1.73 bits per heavy atom. The highest BCUT2D eigenvalue weighted by Crippen LogP contribution is 2.29. The molecule has 0 bridgehead atoms. The highest BCUT2D eigenvalue weighted by Gasteiger charge is 2.30. The van der Waals surface area contributed by atoms with Gasteiger partial charge in [0.05, 0.1) is 12.1 Å². The summed E-state index contributed by atoms with van der Waals surface area (Å²) in [5, 5.41) is 6.49. The molecule has 0 saturated carbocycles. The van der Waals surface area contributed by atoms with E-state index in [1.807, 2.05) is 11.4 Å². The fourth-order valence-electron chi connectivity index (χ4n) is 1.59. The molecule has 1 aromatic heterocycles. The molecule has 0 radical (unpaired) electrons. The molecule has 0 aliphatic rings. The molecule has 2 N–H and O–H groups in total. The number of alkyl halides is 3. The smallest absolute Gasteiger partial charge is 0.343 e. The second kappa shape index (κ2) is 6.61. The van der Waals surface area contributed by atoms with Crippen molar-refractivity contribution in [3.05, 3.63) is 52.2 Å². The lowest BCUT2D eigenvalue weighted by atomic mass is 10.2. The van der Waals surface area contributed by atoms with Crippen molar-refractivity contribution in [2.75, 3.05) is 5.32 Å². The molecule has 0 atom stereocenters. The Kier molecular flexibility index (Phi) is 4.81. The molecular weight excluding hydrogens is 317 g/mol. The van der Waals surface area contributed by atoms with Crippen molar-refractivity contribution < 1.29 is 22.8 Å². The molecule has 1 heterocycles. The number of amides is 2. The summed E-state index contributed by atoms with van der Waals surface area (Å²) in [4.78, 5) is 24.1. The summed E-state index contributed by atoms with van der Waals surface area (Å²) in [6.07, 6.45) is -4.44. The summed E-state index contributed by atoms with van der Waals surface area (Å²) < 4.78 is 37.2. The standard InChI is InChI=1S/C14H11F3N2O2S/c15-14(16,17)9-3-5-10(6-4-9)19-13(21)12(20)18-8-11-2-1-7-22-11/h1-7H,8H2,(H,18,20)(H,19,21). The van der Waals surface area contributed by atoms with Crippen LogP contribution in [-0.2, 0) is 22.3 Å². The first-order valence-corrected chi connectivity index (χ1v) is 7.03. The Morgan fingerprint density at radius 1 is 1.05 bits per heavy atom. The first-order valence-electron chi connectivity index (χ1n) is 6.15. The average Bonchev–Trinajstić information content (AvgIpc) is 2.97. The fraction of sp³-hybridized carbons (Fsp3) is 0.143. The van der Waals surface area contributed by atoms with Crippen LogP contribution in [0.25, 0.3) is 0 Å². The van der Waals surface area contributed by atoms with Crippen LogP contribution in [0.5, 0.6) is 0 Å². The topological polar surface area (TPSA) is 58.2 Å². The van der Waals surface area contributed by atoms with Crippen molar-refractivity contribution in [3.8, 4) is 0 Å². The third-order valence-electron chi connectivity index (χ3n) is 2.68. The van der Waals surface area contributed by atoms with Crippen LogP contribution in [-0.4, -0.2) is 11.8 Å². The number of nitrogens with one attached hydrogen (secondary N) is 2. The van der Waals surface area contributed by atoms with E-state index in [2.05, 4.69) is 10.6 Å². The minimum absolute atomic E-state index is 0.115. The van der Waals surface area contributed by atoms with Crippen LogP contribution < -0.4 is 10.6 Å². The van der Waals surface area contributed by atoms with Crippen molar-refractivity contribution in [1.82, 2.24) is 5.32 Å². The average molecular weight is 328 g/mol. The monoisotopic (exact) mass is 328 g/mol. The molecule has 0 aliphatic carbocycles. The number of benzene rings is 1. The summed E-state index contributed by atoms with van der Waals surface area (Å²) in [6, 6.07) is 7.46. The minimum atomic E-state index is -4.44. The number of hydrogen-bond donors (Lipinski definition) is 2. The van der Waals surface area contributed by atoms with Gasteiger partial charge in [0, 0.05) is 10.6 Å². The third-order valence-corrected chi connectivity index (χ3v) is 3.56. The van der Waals surface area contributed by atoms with E-state index in [0.717, 1.165) is 29.1 Å². The van der Waals surface area contributed by atoms with Gasteiger partial charge in [0.25, 0.3) is 0 Å². The summed E-state index contributed by atoms with van der Waals surface area (Å²) in [5.74, 6) is -1.79. The summed E-state index contributed by atoms with van der Waals surface area (Å²) in [5.41, 5.74) is -0.711. The zero-order valence-electron chi connectivity index (χ0n) is 11.1. The number of carbonyl (C=O) groups is 2. The van der Waals surface area contributed by atoms with E-state index in [-0.39, 0.29) is 12.2 Å². The molecule has 2 amide bonds. The van der Waals surface area contributed by atoms with E-state index in [9.17, 15) is 22.8 Å². The van der Waals surface area contributed by atoms with Crippen LogP contribution in [0, 0.1) is 0 Å². The van der Waals surface area contributed by atoms with E-state index < -0.39 is 23.6 Å². The molecule has 0 fully saturated rings. The van der Waals surface area contributed by atoms with Crippen molar-refractivity contribution in [2.45, 2.75) is 12.7 Å². The zero-order chi connectivity index (χ0) is 16.2. The molecule has 2 rings (SSSR count). The quantitative estimate of drug-likeness (QED) is 0.851. The number of halogens is 3. The molecule has 4 nitrogen and oxygen atoms in total. The molecule has 0 aliphatic heterocycles. The van der Waals surface area contributed by atoms with Crippen molar-refractivity contribution in [2.24, 2.45) is 0 Å². The maximum atomic E-state index is 12.4. The SMILES string of the molecule is O=C(NCc1cccs1)C(=O)Nc1ccc(C(F)(F)F)cc1. The second-order valence-electron chi connectivity index (χ2n) is 4.29. The maximum Gasteiger partial charge on any atom is 0.416 e. The number of carbonyl (C=O) groups excluding carboxylic acids is 2. The van der Waals surface area contributed by atoms with Crippen LogP contribution >= 0.6 is 11.3 Å². The molecule has 0 saturated heterocycles. The summed E-state index contributed by atoms with van der Waals surface area (Å²) in [7, 11) is 0. The van der Waals surface area contributed by atoms with Gasteiger partial charge in [0.2, 0.25) is 0 Å². The van der Waals surface area contributed by atoms with Gasteiger partial charge in [-0.25, -0.2) is 0 Å². The maximum absolute atomic E-state index is 12.4. The summed E-state index contributed by atoms with van der Waals surface area (Å²) >= 11 is 1.43. The lowest BCUT2D eigenvalue weighted by Gasteiger charge is -2.08. The molecule has 0 spiro atoms. The van der Waals surface area contributed by atoms with Crippen LogP contribution in [0.1, 0.15) is 10.4 Å². The van der Waals surface area contributed by atoms with Crippen molar-refractivity contribution >= 4 is 28.8 Å². The molecule has 0 unspecified atom stereocenters. The van der Waals surface area contributed by atoms with Crippen molar-refractivity contribution in [3.63, 3.8) is 0 Å². The Bertz CT molecular complexity index is 652. The number of thiophene rings is 1. The van der Waals surface area contributed by atoms with E-state index in [1.165, 1.54) is 11.3 Å². The minimum Gasteiger partial charge on any atom is -0.343 e. The molecule has 22 heavy (non-hydrogen) atoms. The predicted molar refractivity (Wildman–Crippen MR) is 76.2 cm³/mol. The molecule has 116 valence electrons. The first-order chi connectivity index (χ1) is 10.4. The molecule has 8 heteroatoms. The largest absolute Gasteiger partial charge is 0.416 e. The van der Waals surface area contributed by atoms with E-state index in [1.54, 1.807) is 6.07 Å². The zero-order valence-corrected chi connectivity index (χ0v) is 11.9. The number of anilines is 1. The van der Waals surface area contributed by atoms with Crippen molar-refractivity contribution in [1.29, 1.82) is 0 Å². The van der Waals surface area contributed by atoms with Crippen LogP contribution in [0.2, 0.25) is 0 Å². The molecule has 2 aromatic rings. The highest BCUT2D eigenvalue weighted by molar-refractivity contribution is 7.09. The highest BCUT2D eigenvalue weighted by atomic mass is 32.1. The Labute approximate surface area is 128 Å². The second-order valence-corrected chi connectivity index (χ2v) is 5.32. The van der Waals surface area contributed by atoms with E-state index in [4.69, 9.17) is 0 Å². The lowest BCUT2D eigenvalue weighted by Crippen LogP contribution is -2.34. The van der Waals surface area contributed by atoms with E-state index >= 15 is 0 Å². The normalized spacial score (nSPS) is 11.0. The van der Waals surface area contributed by atoms with Gasteiger partial charge in [-0.1, -0.05) is 6.07 Å². The molecule has 1 aromatic carbocycles. The third kappa shape index (κ3) is 4.32. The fourth-order valence-corrected chi connectivity index (χ4v) is 2.24. The lowest BCUT2D eigenvalue weighted by molar-refractivity contribution is -0.137. The Balaban J connectivity index is 1.89. The van der Waals surface area contributed by atoms with Gasteiger partial charge in [-0.05, 0) is 35.7 Å².